The number of oxazole rings is 1. The highest BCUT2D eigenvalue weighted by atomic mass is 16.6. The van der Waals surface area contributed by atoms with Crippen LogP contribution >= 0.6 is 0 Å². The molecule has 2 heterocycles. The van der Waals surface area contributed by atoms with Gasteiger partial charge in [0.1, 0.15) is 17.7 Å². The van der Waals surface area contributed by atoms with Crippen molar-refractivity contribution in [2.75, 3.05) is 0 Å². The number of rotatable bonds is 8. The number of pyridine rings is 1. The molecule has 2 aromatic carbocycles. The van der Waals surface area contributed by atoms with E-state index in [1.807, 2.05) is 36.4 Å². The number of hydrogen-bond acceptors (Lipinski definition) is 7. The van der Waals surface area contributed by atoms with Gasteiger partial charge in [0.2, 0.25) is 5.91 Å². The zero-order chi connectivity index (χ0) is 28.9. The molecule has 0 aliphatic carbocycles. The number of nitriles is 1. The molecule has 2 amide bonds. The summed E-state index contributed by atoms with van der Waals surface area (Å²) in [5, 5.41) is 15.1. The predicted octanol–water partition coefficient (Wildman–Crippen LogP) is 3.88. The first-order valence-corrected chi connectivity index (χ1v) is 12.8. The van der Waals surface area contributed by atoms with Gasteiger partial charge in [0.05, 0.1) is 11.6 Å². The molecule has 2 N–H and O–H groups in total. The Kier molecular flexibility index (Phi) is 8.34. The molecular formula is C30H31N5O5. The molecule has 0 unspecified atom stereocenters. The number of nitrogens with zero attached hydrogens (tertiary/aromatic N) is 3. The number of carbonyl (C=O) groups excluding carboxylic acids is 2. The molecule has 0 radical (unpaired) electrons. The second-order valence-corrected chi connectivity index (χ2v) is 10.5. The number of aryl methyl sites for hydroxylation is 1. The van der Waals surface area contributed by atoms with Crippen molar-refractivity contribution in [3.05, 3.63) is 88.7 Å². The zero-order valence-corrected chi connectivity index (χ0v) is 22.8. The minimum absolute atomic E-state index is 0.179. The lowest BCUT2D eigenvalue weighted by atomic mass is 10.00. The first-order valence-electron chi connectivity index (χ1n) is 12.8. The third-order valence-electron chi connectivity index (χ3n) is 6.16. The number of nitrogens with one attached hydrogen (secondary N) is 2. The van der Waals surface area contributed by atoms with E-state index in [0.29, 0.717) is 11.1 Å². The van der Waals surface area contributed by atoms with Gasteiger partial charge in [-0.15, -0.1) is 0 Å². The van der Waals surface area contributed by atoms with Crippen molar-refractivity contribution in [1.29, 1.82) is 5.26 Å². The molecule has 10 nitrogen and oxygen atoms in total. The molecular weight excluding hydrogens is 510 g/mol. The number of fused-ring (bicyclic) bond motifs is 1. The normalized spacial score (nSPS) is 12.8. The van der Waals surface area contributed by atoms with Gasteiger partial charge < -0.3 is 19.8 Å². The smallest absolute Gasteiger partial charge is 0.419 e. The van der Waals surface area contributed by atoms with Gasteiger partial charge in [-0.2, -0.15) is 5.26 Å². The average molecular weight is 542 g/mol. The Balaban J connectivity index is 1.45. The quantitative estimate of drug-likeness (QED) is 0.345. The van der Waals surface area contributed by atoms with Gasteiger partial charge in [0.25, 0.3) is 0 Å². The number of amides is 2. The van der Waals surface area contributed by atoms with Crippen LogP contribution in [0, 0.1) is 11.3 Å². The van der Waals surface area contributed by atoms with Gasteiger partial charge in [0.15, 0.2) is 5.58 Å². The van der Waals surface area contributed by atoms with Gasteiger partial charge in [-0.3, -0.25) is 14.3 Å². The van der Waals surface area contributed by atoms with Crippen molar-refractivity contribution in [1.82, 2.24) is 20.2 Å². The van der Waals surface area contributed by atoms with Gasteiger partial charge in [0, 0.05) is 32.3 Å². The van der Waals surface area contributed by atoms with Crippen molar-refractivity contribution in [2.24, 2.45) is 7.05 Å². The second-order valence-electron chi connectivity index (χ2n) is 10.5. The number of ether oxygens (including phenoxy) is 1. The van der Waals surface area contributed by atoms with E-state index in [1.165, 1.54) is 4.57 Å². The third-order valence-corrected chi connectivity index (χ3v) is 6.16. The van der Waals surface area contributed by atoms with Gasteiger partial charge >= 0.3 is 11.8 Å². The standard InChI is InChI=1S/C30H31N5O5/c1-30(2,3)40-28(37)34-24(15-20-6-5-13-32-18-20)27(36)33-23(17-31)14-19-7-9-21(10-8-19)22-11-12-26-25(16-22)35(4)29(38)39-26/h5-13,16,18,23-24H,14-15H2,1-4H3,(H,33,36)(H,34,37)/t23-,24-/m0/s1. The van der Waals surface area contributed by atoms with E-state index in [1.54, 1.807) is 58.4 Å². The van der Waals surface area contributed by atoms with Crippen LogP contribution in [0.2, 0.25) is 0 Å². The highest BCUT2D eigenvalue weighted by Gasteiger charge is 2.26. The molecule has 0 saturated carbocycles. The van der Waals surface area contributed by atoms with Gasteiger partial charge in [-0.25, -0.2) is 9.59 Å². The Morgan fingerprint density at radius 2 is 1.77 bits per heavy atom. The molecule has 4 rings (SSSR count). The van der Waals surface area contributed by atoms with E-state index in [4.69, 9.17) is 9.15 Å². The highest BCUT2D eigenvalue weighted by Crippen LogP contribution is 2.24. The fourth-order valence-electron chi connectivity index (χ4n) is 4.19. The number of benzene rings is 2. The maximum absolute atomic E-state index is 13.2. The lowest BCUT2D eigenvalue weighted by Gasteiger charge is -2.24. The minimum atomic E-state index is -0.967. The van der Waals surface area contributed by atoms with Gasteiger partial charge in [-0.05, 0) is 61.2 Å². The van der Waals surface area contributed by atoms with E-state index in [-0.39, 0.29) is 12.8 Å². The summed E-state index contributed by atoms with van der Waals surface area (Å²) < 4.78 is 12.0. The topological polar surface area (TPSA) is 139 Å². The summed E-state index contributed by atoms with van der Waals surface area (Å²) in [7, 11) is 1.65. The van der Waals surface area contributed by atoms with Crippen LogP contribution < -0.4 is 16.4 Å². The van der Waals surface area contributed by atoms with Crippen LogP contribution in [0.3, 0.4) is 0 Å². The summed E-state index contributed by atoms with van der Waals surface area (Å²) in [5.74, 6) is -0.923. The van der Waals surface area contributed by atoms with Crippen molar-refractivity contribution in [3.8, 4) is 17.2 Å². The molecule has 2 aromatic heterocycles. The first-order chi connectivity index (χ1) is 19.0. The molecule has 40 heavy (non-hydrogen) atoms. The Morgan fingerprint density at radius 3 is 2.42 bits per heavy atom. The fraction of sp³-hybridized carbons (Fsp3) is 0.300. The molecule has 0 saturated heterocycles. The Morgan fingerprint density at radius 1 is 1.05 bits per heavy atom. The molecule has 0 aliphatic rings. The minimum Gasteiger partial charge on any atom is -0.444 e. The van der Waals surface area contributed by atoms with Crippen LogP contribution in [0.5, 0.6) is 0 Å². The van der Waals surface area contributed by atoms with Crippen LogP contribution in [-0.2, 0) is 29.4 Å². The molecule has 4 aromatic rings. The highest BCUT2D eigenvalue weighted by molar-refractivity contribution is 5.86. The Bertz CT molecular complexity index is 1590. The summed E-state index contributed by atoms with van der Waals surface area (Å²) in [6.45, 7) is 5.20. The third kappa shape index (κ3) is 7.14. The summed E-state index contributed by atoms with van der Waals surface area (Å²) in [6, 6.07) is 17.0. The number of hydrogen-bond donors (Lipinski definition) is 2. The fourth-order valence-corrected chi connectivity index (χ4v) is 4.19. The molecule has 0 spiro atoms. The monoisotopic (exact) mass is 541 g/mol. The van der Waals surface area contributed by atoms with E-state index < -0.39 is 35.4 Å². The molecule has 2 atom stereocenters. The SMILES string of the molecule is Cn1c(=O)oc2ccc(-c3ccc(C[C@@H](C#N)NC(=O)[C@H](Cc4cccnc4)NC(=O)OC(C)(C)C)cc3)cc21. The van der Waals surface area contributed by atoms with E-state index in [0.717, 1.165) is 22.3 Å². The molecule has 206 valence electrons. The van der Waals surface area contributed by atoms with Crippen LogP contribution in [0.1, 0.15) is 31.9 Å². The van der Waals surface area contributed by atoms with E-state index in [2.05, 4.69) is 21.7 Å². The Labute approximate surface area is 231 Å². The van der Waals surface area contributed by atoms with Gasteiger partial charge in [-0.1, -0.05) is 36.4 Å². The predicted molar refractivity (Wildman–Crippen MR) is 149 cm³/mol. The molecule has 10 heteroatoms. The van der Waals surface area contributed by atoms with Crippen molar-refractivity contribution in [2.45, 2.75) is 51.3 Å². The molecule has 0 aliphatic heterocycles. The number of alkyl carbamates (subject to hydrolysis) is 1. The van der Waals surface area contributed by atoms with Crippen LogP contribution in [0.4, 0.5) is 4.79 Å². The van der Waals surface area contributed by atoms with E-state index in [9.17, 15) is 19.6 Å². The maximum Gasteiger partial charge on any atom is 0.419 e. The largest absolute Gasteiger partial charge is 0.444 e. The second kappa shape index (κ2) is 11.9. The van der Waals surface area contributed by atoms with Crippen molar-refractivity contribution >= 4 is 23.1 Å². The average Bonchev–Trinajstić information content (AvgIpc) is 3.20. The van der Waals surface area contributed by atoms with Crippen molar-refractivity contribution in [3.63, 3.8) is 0 Å². The zero-order valence-electron chi connectivity index (χ0n) is 22.8. The molecule has 0 fully saturated rings. The lowest BCUT2D eigenvalue weighted by molar-refractivity contribution is -0.123. The lowest BCUT2D eigenvalue weighted by Crippen LogP contribution is -2.51. The van der Waals surface area contributed by atoms with Crippen LogP contribution in [0.15, 0.2) is 76.2 Å². The van der Waals surface area contributed by atoms with Crippen LogP contribution in [0.25, 0.3) is 22.2 Å². The summed E-state index contributed by atoms with van der Waals surface area (Å²) in [4.78, 5) is 41.5. The number of carbonyl (C=O) groups is 2. The first kappa shape index (κ1) is 28.1. The maximum atomic E-state index is 13.2. The summed E-state index contributed by atoms with van der Waals surface area (Å²) >= 11 is 0. The Hall–Kier alpha value is -4.91. The number of aromatic nitrogens is 2. The van der Waals surface area contributed by atoms with E-state index >= 15 is 0 Å². The van der Waals surface area contributed by atoms with Crippen LogP contribution in [-0.4, -0.2) is 39.2 Å². The molecule has 0 bridgehead atoms. The summed E-state index contributed by atoms with van der Waals surface area (Å²) in [5.41, 5.74) is 3.90. The summed E-state index contributed by atoms with van der Waals surface area (Å²) in [6.07, 6.45) is 2.95. The van der Waals surface area contributed by atoms with Crippen molar-refractivity contribution < 1.29 is 18.7 Å².